The highest BCUT2D eigenvalue weighted by Crippen LogP contribution is 2.37. The van der Waals surface area contributed by atoms with E-state index in [9.17, 15) is 4.79 Å². The molecule has 0 fully saturated rings. The minimum Gasteiger partial charge on any atom is -0.493 e. The number of fused-ring (bicyclic) bond motifs is 3. The standard InChI is InChI=1S/C25H19BrN2O3S/c1-15-7-9-16(10-8-15)14-31-23-18(26)11-17(12-21(23)30-2)13-22-24(29)28-20-6-4-3-5-19(20)27-25(28)32-22/h3-13H,14H2,1-2H3/b22-13-. The number of imidazole rings is 1. The molecule has 0 bridgehead atoms. The Labute approximate surface area is 196 Å². The molecule has 0 aliphatic heterocycles. The Bertz CT molecular complexity index is 1550. The molecule has 32 heavy (non-hydrogen) atoms. The summed E-state index contributed by atoms with van der Waals surface area (Å²) < 4.78 is 14.6. The second-order valence-corrected chi connectivity index (χ2v) is 9.31. The van der Waals surface area contributed by atoms with Gasteiger partial charge in [-0.05, 0) is 64.3 Å². The summed E-state index contributed by atoms with van der Waals surface area (Å²) in [4.78, 5) is 18.3. The minimum absolute atomic E-state index is 0.0755. The predicted octanol–water partition coefficient (Wildman–Crippen LogP) is 5.12. The van der Waals surface area contributed by atoms with Crippen LogP contribution in [0.3, 0.4) is 0 Å². The highest BCUT2D eigenvalue weighted by molar-refractivity contribution is 9.10. The Morgan fingerprint density at radius 2 is 1.91 bits per heavy atom. The summed E-state index contributed by atoms with van der Waals surface area (Å²) in [5, 5.41) is 0. The smallest absolute Gasteiger partial charge is 0.274 e. The molecule has 0 atom stereocenters. The molecule has 7 heteroatoms. The lowest BCUT2D eigenvalue weighted by Crippen LogP contribution is -2.22. The van der Waals surface area contributed by atoms with Crippen molar-refractivity contribution in [2.24, 2.45) is 0 Å². The van der Waals surface area contributed by atoms with Crippen LogP contribution >= 0.6 is 27.3 Å². The van der Waals surface area contributed by atoms with Crippen molar-refractivity contribution in [1.82, 2.24) is 9.38 Å². The molecule has 5 nitrogen and oxygen atoms in total. The molecule has 5 rings (SSSR count). The first-order chi connectivity index (χ1) is 15.5. The SMILES string of the molecule is COc1cc(/C=c2\sc3nc4ccccc4n3c2=O)cc(Br)c1OCc1ccc(C)cc1. The van der Waals surface area contributed by atoms with E-state index in [0.717, 1.165) is 26.6 Å². The van der Waals surface area contributed by atoms with Crippen molar-refractivity contribution in [2.45, 2.75) is 13.5 Å². The molecular weight excluding hydrogens is 488 g/mol. The van der Waals surface area contributed by atoms with E-state index < -0.39 is 0 Å². The average molecular weight is 507 g/mol. The normalized spacial score (nSPS) is 12.0. The maximum Gasteiger partial charge on any atom is 0.274 e. The van der Waals surface area contributed by atoms with E-state index in [4.69, 9.17) is 9.47 Å². The number of thiazole rings is 1. The van der Waals surface area contributed by atoms with Gasteiger partial charge in [-0.25, -0.2) is 9.38 Å². The van der Waals surface area contributed by atoms with Gasteiger partial charge in [0.15, 0.2) is 16.5 Å². The van der Waals surface area contributed by atoms with Gasteiger partial charge in [0.1, 0.15) is 6.61 Å². The third-order valence-corrected chi connectivity index (χ3v) is 6.76. The van der Waals surface area contributed by atoms with Crippen LogP contribution in [0.4, 0.5) is 0 Å². The molecule has 0 spiro atoms. The second-order valence-electron chi connectivity index (χ2n) is 7.44. The topological polar surface area (TPSA) is 52.8 Å². The van der Waals surface area contributed by atoms with Crippen molar-refractivity contribution in [3.8, 4) is 11.5 Å². The van der Waals surface area contributed by atoms with Crippen LogP contribution in [0.1, 0.15) is 16.7 Å². The lowest BCUT2D eigenvalue weighted by atomic mass is 10.1. The number of aromatic nitrogens is 2. The van der Waals surface area contributed by atoms with Gasteiger partial charge in [0.05, 0.1) is 27.1 Å². The number of aryl methyl sites for hydroxylation is 1. The van der Waals surface area contributed by atoms with E-state index in [0.29, 0.717) is 27.6 Å². The summed E-state index contributed by atoms with van der Waals surface area (Å²) in [6, 6.07) is 19.7. The first kappa shape index (κ1) is 20.7. The highest BCUT2D eigenvalue weighted by atomic mass is 79.9. The number of para-hydroxylation sites is 2. The molecule has 5 aromatic rings. The Balaban J connectivity index is 1.51. The van der Waals surface area contributed by atoms with Crippen molar-refractivity contribution in [3.63, 3.8) is 0 Å². The molecule has 0 aliphatic carbocycles. The zero-order valence-corrected chi connectivity index (χ0v) is 19.9. The number of methoxy groups -OCH3 is 1. The Hall–Kier alpha value is -3.16. The first-order valence-corrected chi connectivity index (χ1v) is 11.6. The van der Waals surface area contributed by atoms with Crippen LogP contribution in [0.5, 0.6) is 11.5 Å². The Morgan fingerprint density at radius 1 is 1.12 bits per heavy atom. The van der Waals surface area contributed by atoms with E-state index in [2.05, 4.69) is 40.0 Å². The minimum atomic E-state index is -0.0755. The van der Waals surface area contributed by atoms with Gasteiger partial charge in [0, 0.05) is 0 Å². The van der Waals surface area contributed by atoms with Gasteiger partial charge in [0.2, 0.25) is 0 Å². The third-order valence-electron chi connectivity index (χ3n) is 5.20. The molecule has 2 aromatic heterocycles. The molecule has 3 aromatic carbocycles. The lowest BCUT2D eigenvalue weighted by Gasteiger charge is -2.13. The largest absolute Gasteiger partial charge is 0.493 e. The summed E-state index contributed by atoms with van der Waals surface area (Å²) in [6.07, 6.45) is 1.85. The van der Waals surface area contributed by atoms with Crippen molar-refractivity contribution in [1.29, 1.82) is 0 Å². The number of hydrogen-bond donors (Lipinski definition) is 0. The van der Waals surface area contributed by atoms with Crippen LogP contribution in [0.25, 0.3) is 22.1 Å². The number of ether oxygens (including phenoxy) is 2. The number of hydrogen-bond acceptors (Lipinski definition) is 5. The molecule has 0 radical (unpaired) electrons. The average Bonchev–Trinajstić information content (AvgIpc) is 3.30. The quantitative estimate of drug-likeness (QED) is 0.332. The molecule has 0 amide bonds. The van der Waals surface area contributed by atoms with E-state index in [1.54, 1.807) is 11.5 Å². The molecule has 2 heterocycles. The summed E-state index contributed by atoms with van der Waals surface area (Å²) in [5.74, 6) is 1.22. The molecule has 0 aliphatic rings. The summed E-state index contributed by atoms with van der Waals surface area (Å²) in [6.45, 7) is 2.48. The van der Waals surface area contributed by atoms with E-state index >= 15 is 0 Å². The van der Waals surface area contributed by atoms with Gasteiger partial charge >= 0.3 is 0 Å². The molecule has 0 N–H and O–H groups in total. The van der Waals surface area contributed by atoms with Crippen molar-refractivity contribution >= 4 is 49.3 Å². The molecule has 0 saturated carbocycles. The summed E-state index contributed by atoms with van der Waals surface area (Å²) in [5.41, 5.74) is 4.68. The fraction of sp³-hybridized carbons (Fsp3) is 0.120. The van der Waals surface area contributed by atoms with Crippen molar-refractivity contribution in [2.75, 3.05) is 7.11 Å². The number of halogens is 1. The number of nitrogens with zero attached hydrogens (tertiary/aromatic N) is 2. The fourth-order valence-corrected chi connectivity index (χ4v) is 5.13. The van der Waals surface area contributed by atoms with E-state index in [-0.39, 0.29) is 5.56 Å². The Morgan fingerprint density at radius 3 is 2.69 bits per heavy atom. The highest BCUT2D eigenvalue weighted by Gasteiger charge is 2.14. The molecule has 0 unspecified atom stereocenters. The third kappa shape index (κ3) is 3.78. The van der Waals surface area contributed by atoms with Crippen LogP contribution in [-0.2, 0) is 6.61 Å². The second kappa shape index (κ2) is 8.41. The monoisotopic (exact) mass is 506 g/mol. The summed E-state index contributed by atoms with van der Waals surface area (Å²) >= 11 is 4.97. The number of rotatable bonds is 5. The van der Waals surface area contributed by atoms with Crippen LogP contribution in [0.15, 0.2) is 69.9 Å². The van der Waals surface area contributed by atoms with Gasteiger partial charge in [0.25, 0.3) is 5.56 Å². The summed E-state index contributed by atoms with van der Waals surface area (Å²) in [7, 11) is 1.61. The number of benzene rings is 3. The van der Waals surface area contributed by atoms with Crippen LogP contribution in [-0.4, -0.2) is 16.5 Å². The van der Waals surface area contributed by atoms with Gasteiger partial charge in [-0.1, -0.05) is 53.3 Å². The van der Waals surface area contributed by atoms with E-state index in [1.807, 2.05) is 54.6 Å². The maximum absolute atomic E-state index is 13.0. The molecular formula is C25H19BrN2O3S. The van der Waals surface area contributed by atoms with Crippen LogP contribution in [0.2, 0.25) is 0 Å². The van der Waals surface area contributed by atoms with Crippen LogP contribution in [0, 0.1) is 6.92 Å². The maximum atomic E-state index is 13.0. The van der Waals surface area contributed by atoms with Gasteiger partial charge < -0.3 is 9.47 Å². The van der Waals surface area contributed by atoms with E-state index in [1.165, 1.54) is 16.9 Å². The fourth-order valence-electron chi connectivity index (χ4n) is 3.57. The van der Waals surface area contributed by atoms with Crippen molar-refractivity contribution < 1.29 is 9.47 Å². The van der Waals surface area contributed by atoms with Gasteiger partial charge in [-0.3, -0.25) is 4.79 Å². The Kier molecular flexibility index (Phi) is 5.45. The predicted molar refractivity (Wildman–Crippen MR) is 132 cm³/mol. The lowest BCUT2D eigenvalue weighted by molar-refractivity contribution is 0.282. The van der Waals surface area contributed by atoms with Crippen molar-refractivity contribution in [3.05, 3.63) is 96.7 Å². The first-order valence-electron chi connectivity index (χ1n) is 10.0. The zero-order chi connectivity index (χ0) is 22.2. The van der Waals surface area contributed by atoms with Gasteiger partial charge in [-0.15, -0.1) is 0 Å². The van der Waals surface area contributed by atoms with Crippen LogP contribution < -0.4 is 19.6 Å². The van der Waals surface area contributed by atoms with Gasteiger partial charge in [-0.2, -0.15) is 0 Å². The molecule has 160 valence electrons. The molecule has 0 saturated heterocycles. The zero-order valence-electron chi connectivity index (χ0n) is 17.5.